The number of nitrogens with zero attached hydrogens (tertiary/aromatic N) is 2. The molecule has 1 aromatic carbocycles. The molecule has 0 spiro atoms. The normalized spacial score (nSPS) is 11.1. The van der Waals surface area contributed by atoms with Crippen LogP contribution in [0.5, 0.6) is 0 Å². The summed E-state index contributed by atoms with van der Waals surface area (Å²) in [6.07, 6.45) is 3.73. The third-order valence-electron chi connectivity index (χ3n) is 3.54. The molecule has 0 amide bonds. The molecule has 0 aliphatic heterocycles. The molecule has 0 aliphatic carbocycles. The smallest absolute Gasteiger partial charge is 0.177 e. The molecule has 3 aromatic rings. The van der Waals surface area contributed by atoms with Gasteiger partial charge in [-0.2, -0.15) is 0 Å². The highest BCUT2D eigenvalue weighted by Gasteiger charge is 2.06. The summed E-state index contributed by atoms with van der Waals surface area (Å²) in [6.45, 7) is 4.23. The molecule has 0 radical (unpaired) electrons. The van der Waals surface area contributed by atoms with Crippen molar-refractivity contribution in [3.63, 3.8) is 0 Å². The summed E-state index contributed by atoms with van der Waals surface area (Å²) >= 11 is 0. The molecule has 0 aliphatic rings. The molecule has 1 N–H and O–H groups in total. The molecule has 2 heterocycles. The number of aromatic nitrogens is 3. The first-order valence-electron chi connectivity index (χ1n) is 6.59. The molecular weight excluding hydrogens is 234 g/mol. The lowest BCUT2D eigenvalue weighted by atomic mass is 10.0. The fraction of sp³-hybridized carbons (Fsp3) is 0.250. The zero-order valence-corrected chi connectivity index (χ0v) is 11.3. The summed E-state index contributed by atoms with van der Waals surface area (Å²) in [7, 11) is 0. The standard InChI is InChI=1S/C16H17N3/c1-11-5-3-4-6-13(11)7-8-14-18-15-12(2)9-10-17-16(15)19-14/h3-6,9-10H,7-8H2,1-2H3,(H,17,18,19). The fourth-order valence-electron chi connectivity index (χ4n) is 2.35. The predicted molar refractivity (Wildman–Crippen MR) is 77.2 cm³/mol. The second kappa shape index (κ2) is 4.84. The SMILES string of the molecule is Cc1ccccc1CCc1nc2nccc(C)c2[nH]1. The molecule has 3 nitrogen and oxygen atoms in total. The van der Waals surface area contributed by atoms with E-state index in [9.17, 15) is 0 Å². The van der Waals surface area contributed by atoms with E-state index >= 15 is 0 Å². The number of aryl methyl sites for hydroxylation is 4. The number of imidazole rings is 1. The van der Waals surface area contributed by atoms with Crippen LogP contribution in [0.15, 0.2) is 36.5 Å². The van der Waals surface area contributed by atoms with Crippen LogP contribution in [0.1, 0.15) is 22.5 Å². The van der Waals surface area contributed by atoms with Crippen LogP contribution in [0.4, 0.5) is 0 Å². The van der Waals surface area contributed by atoms with E-state index in [2.05, 4.69) is 53.1 Å². The maximum Gasteiger partial charge on any atom is 0.177 e. The minimum atomic E-state index is 0.819. The van der Waals surface area contributed by atoms with Gasteiger partial charge in [-0.15, -0.1) is 0 Å². The average molecular weight is 251 g/mol. The van der Waals surface area contributed by atoms with E-state index < -0.39 is 0 Å². The van der Waals surface area contributed by atoms with E-state index in [4.69, 9.17) is 0 Å². The Morgan fingerprint density at radius 2 is 1.84 bits per heavy atom. The third kappa shape index (κ3) is 2.36. The summed E-state index contributed by atoms with van der Waals surface area (Å²) in [5.74, 6) is 1.01. The number of fused-ring (bicyclic) bond motifs is 1. The van der Waals surface area contributed by atoms with Gasteiger partial charge in [-0.25, -0.2) is 9.97 Å². The number of benzene rings is 1. The summed E-state index contributed by atoms with van der Waals surface area (Å²) in [5, 5.41) is 0. The molecule has 3 rings (SSSR count). The predicted octanol–water partition coefficient (Wildman–Crippen LogP) is 3.36. The van der Waals surface area contributed by atoms with Gasteiger partial charge in [-0.1, -0.05) is 24.3 Å². The van der Waals surface area contributed by atoms with Gasteiger partial charge in [0.2, 0.25) is 0 Å². The van der Waals surface area contributed by atoms with Crippen LogP contribution in [0.25, 0.3) is 11.2 Å². The molecule has 0 unspecified atom stereocenters. The molecule has 0 atom stereocenters. The molecule has 0 saturated heterocycles. The van der Waals surface area contributed by atoms with E-state index in [-0.39, 0.29) is 0 Å². The van der Waals surface area contributed by atoms with Crippen LogP contribution in [-0.2, 0) is 12.8 Å². The van der Waals surface area contributed by atoms with Gasteiger partial charge in [0.05, 0.1) is 5.52 Å². The third-order valence-corrected chi connectivity index (χ3v) is 3.54. The van der Waals surface area contributed by atoms with Gasteiger partial charge in [0.1, 0.15) is 5.82 Å². The first-order valence-corrected chi connectivity index (χ1v) is 6.59. The quantitative estimate of drug-likeness (QED) is 0.775. The van der Waals surface area contributed by atoms with Gasteiger partial charge in [0.15, 0.2) is 5.65 Å². The number of H-pyrrole nitrogens is 1. The van der Waals surface area contributed by atoms with E-state index in [0.29, 0.717) is 0 Å². The summed E-state index contributed by atoms with van der Waals surface area (Å²) in [6, 6.07) is 10.5. The van der Waals surface area contributed by atoms with Gasteiger partial charge >= 0.3 is 0 Å². The first kappa shape index (κ1) is 11.9. The zero-order chi connectivity index (χ0) is 13.2. The van der Waals surface area contributed by atoms with Crippen molar-refractivity contribution in [1.82, 2.24) is 15.0 Å². The first-order chi connectivity index (χ1) is 9.24. The molecular formula is C16H17N3. The Hall–Kier alpha value is -2.16. The van der Waals surface area contributed by atoms with Gasteiger partial charge < -0.3 is 4.98 Å². The van der Waals surface area contributed by atoms with Crippen LogP contribution in [0.2, 0.25) is 0 Å². The summed E-state index contributed by atoms with van der Waals surface area (Å²) in [5.41, 5.74) is 5.79. The van der Waals surface area contributed by atoms with E-state index in [1.807, 2.05) is 12.3 Å². The Labute approximate surface area is 112 Å². The van der Waals surface area contributed by atoms with Crippen molar-refractivity contribution in [1.29, 1.82) is 0 Å². The Kier molecular flexibility index (Phi) is 3.03. The molecule has 0 saturated carbocycles. The molecule has 96 valence electrons. The van der Waals surface area contributed by atoms with E-state index in [1.54, 1.807) is 0 Å². The molecule has 19 heavy (non-hydrogen) atoms. The molecule has 0 bridgehead atoms. The lowest BCUT2D eigenvalue weighted by Crippen LogP contribution is -1.95. The van der Waals surface area contributed by atoms with Crippen molar-refractivity contribution >= 4 is 11.2 Å². The van der Waals surface area contributed by atoms with Crippen molar-refractivity contribution in [3.05, 3.63) is 59.0 Å². The monoisotopic (exact) mass is 251 g/mol. The van der Waals surface area contributed by atoms with Crippen molar-refractivity contribution in [2.24, 2.45) is 0 Å². The number of hydrogen-bond acceptors (Lipinski definition) is 2. The highest BCUT2D eigenvalue weighted by molar-refractivity contribution is 5.74. The van der Waals surface area contributed by atoms with Crippen LogP contribution in [0, 0.1) is 13.8 Å². The summed E-state index contributed by atoms with van der Waals surface area (Å²) in [4.78, 5) is 12.2. The van der Waals surface area contributed by atoms with Gasteiger partial charge in [-0.3, -0.25) is 0 Å². The van der Waals surface area contributed by atoms with Crippen molar-refractivity contribution in [2.45, 2.75) is 26.7 Å². The van der Waals surface area contributed by atoms with Gasteiger partial charge in [-0.05, 0) is 43.0 Å². The molecule has 0 fully saturated rings. The Morgan fingerprint density at radius 1 is 1.00 bits per heavy atom. The molecule has 2 aromatic heterocycles. The number of nitrogens with one attached hydrogen (secondary N) is 1. The van der Waals surface area contributed by atoms with Crippen molar-refractivity contribution in [3.8, 4) is 0 Å². The number of aromatic amines is 1. The number of hydrogen-bond donors (Lipinski definition) is 1. The maximum atomic E-state index is 4.55. The lowest BCUT2D eigenvalue weighted by Gasteiger charge is -2.03. The topological polar surface area (TPSA) is 41.6 Å². The Balaban J connectivity index is 1.83. The van der Waals surface area contributed by atoms with Crippen LogP contribution < -0.4 is 0 Å². The van der Waals surface area contributed by atoms with Gasteiger partial charge in [0.25, 0.3) is 0 Å². The van der Waals surface area contributed by atoms with Crippen LogP contribution >= 0.6 is 0 Å². The highest BCUT2D eigenvalue weighted by atomic mass is 15.0. The summed E-state index contributed by atoms with van der Waals surface area (Å²) < 4.78 is 0. The number of pyridine rings is 1. The second-order valence-electron chi connectivity index (χ2n) is 4.94. The molecule has 3 heteroatoms. The highest BCUT2D eigenvalue weighted by Crippen LogP contribution is 2.15. The average Bonchev–Trinajstić information content (AvgIpc) is 2.82. The second-order valence-corrected chi connectivity index (χ2v) is 4.94. The minimum Gasteiger partial charge on any atom is -0.340 e. The lowest BCUT2D eigenvalue weighted by molar-refractivity contribution is 0.882. The zero-order valence-electron chi connectivity index (χ0n) is 11.3. The van der Waals surface area contributed by atoms with Crippen molar-refractivity contribution in [2.75, 3.05) is 0 Å². The van der Waals surface area contributed by atoms with Crippen molar-refractivity contribution < 1.29 is 0 Å². The Bertz CT molecular complexity index is 713. The van der Waals surface area contributed by atoms with E-state index in [1.165, 1.54) is 16.7 Å². The van der Waals surface area contributed by atoms with Crippen LogP contribution in [-0.4, -0.2) is 15.0 Å². The maximum absolute atomic E-state index is 4.55. The fourth-order valence-corrected chi connectivity index (χ4v) is 2.35. The van der Waals surface area contributed by atoms with Crippen LogP contribution in [0.3, 0.4) is 0 Å². The minimum absolute atomic E-state index is 0.819. The largest absolute Gasteiger partial charge is 0.340 e. The number of rotatable bonds is 3. The van der Waals surface area contributed by atoms with E-state index in [0.717, 1.165) is 29.8 Å². The Morgan fingerprint density at radius 3 is 2.63 bits per heavy atom. The van der Waals surface area contributed by atoms with Gasteiger partial charge in [0, 0.05) is 12.6 Å².